The van der Waals surface area contributed by atoms with Crippen LogP contribution in [0.3, 0.4) is 0 Å². The van der Waals surface area contributed by atoms with Crippen LogP contribution in [0.1, 0.15) is 44.2 Å². The Morgan fingerprint density at radius 2 is 1.52 bits per heavy atom. The second-order valence-corrected chi connectivity index (χ2v) is 11.2. The van der Waals surface area contributed by atoms with Crippen molar-refractivity contribution >= 4 is 8.80 Å². The normalized spacial score (nSPS) is 16.1. The van der Waals surface area contributed by atoms with Crippen LogP contribution >= 0.6 is 0 Å². The predicted octanol–water partition coefficient (Wildman–Crippen LogP) is 6.47. The highest BCUT2D eigenvalue weighted by Gasteiger charge is 2.24. The third-order valence-electron chi connectivity index (χ3n) is 5.71. The molecule has 0 aromatic heterocycles. The Hall–Kier alpha value is -1.85. The summed E-state index contributed by atoms with van der Waals surface area (Å²) in [4.78, 5) is 0. The molecule has 1 aliphatic rings. The first-order valence-corrected chi connectivity index (χ1v) is 11.6. The molecule has 0 amide bonds. The van der Waals surface area contributed by atoms with Crippen LogP contribution in [0.4, 0.5) is 0 Å². The Morgan fingerprint density at radius 3 is 2.04 bits per heavy atom. The summed E-state index contributed by atoms with van der Waals surface area (Å²) in [7, 11) is -0.0405. The first kappa shape index (κ1) is 18.0. The molecule has 2 heteroatoms. The van der Waals surface area contributed by atoms with Gasteiger partial charge < -0.3 is 0 Å². The van der Waals surface area contributed by atoms with Crippen molar-refractivity contribution in [3.63, 3.8) is 0 Å². The van der Waals surface area contributed by atoms with Gasteiger partial charge in [0.25, 0.3) is 0 Å². The van der Waals surface area contributed by atoms with Gasteiger partial charge in [0.2, 0.25) is 0 Å². The molecule has 1 aliphatic heterocycles. The monoisotopic (exact) mass is 346 g/mol. The van der Waals surface area contributed by atoms with E-state index in [4.69, 9.17) is 5.26 Å². The summed E-state index contributed by atoms with van der Waals surface area (Å²) >= 11 is 0. The molecule has 0 aliphatic carbocycles. The maximum absolute atomic E-state index is 8.90. The zero-order chi connectivity index (χ0) is 17.6. The molecule has 25 heavy (non-hydrogen) atoms. The van der Waals surface area contributed by atoms with Crippen molar-refractivity contribution in [2.75, 3.05) is 0 Å². The molecule has 0 saturated carbocycles. The van der Waals surface area contributed by atoms with Gasteiger partial charge in [0.05, 0.1) is 20.4 Å². The van der Waals surface area contributed by atoms with Gasteiger partial charge in [-0.25, -0.2) is 0 Å². The van der Waals surface area contributed by atoms with E-state index >= 15 is 0 Å². The minimum absolute atomic E-state index is 0.0405. The standard InChI is InChI=1S/C23H28NSi/c1-18(2)25-15-13-20(14-16-25)4-3-19-5-9-22(10-6-19)23-11-7-21(17-24)8-12-23/h5-12,18,20H,3-4,13-16H2,1-2H3. The highest BCUT2D eigenvalue weighted by molar-refractivity contribution is 6.60. The van der Waals surface area contributed by atoms with Crippen molar-refractivity contribution in [2.24, 2.45) is 5.92 Å². The molecule has 2 aromatic carbocycles. The van der Waals surface area contributed by atoms with Crippen LogP contribution in [0, 0.1) is 17.2 Å². The van der Waals surface area contributed by atoms with Gasteiger partial charge in [0, 0.05) is 0 Å². The molecule has 1 nitrogen and oxygen atoms in total. The number of aryl methyl sites for hydroxylation is 1. The van der Waals surface area contributed by atoms with Gasteiger partial charge in [-0.05, 0) is 47.6 Å². The quantitative estimate of drug-likeness (QED) is 0.569. The van der Waals surface area contributed by atoms with Gasteiger partial charge in [-0.3, -0.25) is 0 Å². The zero-order valence-electron chi connectivity index (χ0n) is 15.5. The molecule has 129 valence electrons. The molecule has 1 saturated heterocycles. The number of hydrogen-bond acceptors (Lipinski definition) is 1. The number of hydrogen-bond donors (Lipinski definition) is 0. The van der Waals surface area contributed by atoms with Crippen molar-refractivity contribution in [1.29, 1.82) is 5.26 Å². The smallest absolute Gasteiger partial charge is 0.0991 e. The van der Waals surface area contributed by atoms with Gasteiger partial charge in [-0.15, -0.1) is 0 Å². The van der Waals surface area contributed by atoms with Crippen LogP contribution < -0.4 is 0 Å². The second kappa shape index (κ2) is 8.49. The van der Waals surface area contributed by atoms with Crippen LogP contribution in [0.5, 0.6) is 0 Å². The van der Waals surface area contributed by atoms with Gasteiger partial charge in [-0.2, -0.15) is 5.26 Å². The van der Waals surface area contributed by atoms with Crippen molar-refractivity contribution < 1.29 is 0 Å². The van der Waals surface area contributed by atoms with E-state index in [9.17, 15) is 0 Å². The Labute approximate surface area is 154 Å². The number of rotatable bonds is 5. The average Bonchev–Trinajstić information content (AvgIpc) is 2.67. The minimum atomic E-state index is -0.0405. The maximum atomic E-state index is 8.90. The van der Waals surface area contributed by atoms with Crippen molar-refractivity contribution in [3.05, 3.63) is 59.7 Å². The molecule has 0 spiro atoms. The van der Waals surface area contributed by atoms with E-state index in [-0.39, 0.29) is 8.80 Å². The molecule has 3 rings (SSSR count). The lowest BCUT2D eigenvalue weighted by atomic mass is 9.93. The summed E-state index contributed by atoms with van der Waals surface area (Å²) in [6.07, 6.45) is 5.50. The fraction of sp³-hybridized carbons (Fsp3) is 0.435. The van der Waals surface area contributed by atoms with E-state index in [1.807, 2.05) is 24.3 Å². The first-order chi connectivity index (χ1) is 12.2. The molecule has 0 N–H and O–H groups in total. The molecule has 1 radical (unpaired) electrons. The van der Waals surface area contributed by atoms with Crippen LogP contribution in [0.25, 0.3) is 11.1 Å². The summed E-state index contributed by atoms with van der Waals surface area (Å²) in [5.74, 6) is 0.950. The van der Waals surface area contributed by atoms with E-state index < -0.39 is 0 Å². The summed E-state index contributed by atoms with van der Waals surface area (Å²) in [5, 5.41) is 8.90. The van der Waals surface area contributed by atoms with Gasteiger partial charge in [0.15, 0.2) is 0 Å². The Balaban J connectivity index is 1.52. The van der Waals surface area contributed by atoms with Crippen molar-refractivity contribution in [2.45, 2.75) is 57.2 Å². The summed E-state index contributed by atoms with van der Waals surface area (Å²) < 4.78 is 0. The van der Waals surface area contributed by atoms with Gasteiger partial charge >= 0.3 is 0 Å². The largest absolute Gasteiger partial charge is 0.192 e. The third kappa shape index (κ3) is 4.83. The molecule has 2 aromatic rings. The molecule has 1 heterocycles. The summed E-state index contributed by atoms with van der Waals surface area (Å²) in [6, 6.07) is 22.1. The van der Waals surface area contributed by atoms with E-state index in [1.165, 1.54) is 54.5 Å². The third-order valence-corrected chi connectivity index (χ3v) is 9.20. The van der Waals surface area contributed by atoms with E-state index in [0.717, 1.165) is 17.0 Å². The van der Waals surface area contributed by atoms with Crippen molar-refractivity contribution in [1.82, 2.24) is 0 Å². The van der Waals surface area contributed by atoms with Gasteiger partial charge in [0.1, 0.15) is 0 Å². The Kier molecular flexibility index (Phi) is 6.10. The van der Waals surface area contributed by atoms with Crippen LogP contribution in [-0.4, -0.2) is 8.80 Å². The van der Waals surface area contributed by atoms with Crippen LogP contribution in [0.15, 0.2) is 48.5 Å². The lowest BCUT2D eigenvalue weighted by Gasteiger charge is -2.29. The second-order valence-electron chi connectivity index (χ2n) is 7.68. The molecular weight excluding hydrogens is 318 g/mol. The summed E-state index contributed by atoms with van der Waals surface area (Å²) in [6.45, 7) is 4.84. The van der Waals surface area contributed by atoms with E-state index in [0.29, 0.717) is 0 Å². The lowest BCUT2D eigenvalue weighted by molar-refractivity contribution is 0.436. The highest BCUT2D eigenvalue weighted by Crippen LogP contribution is 2.33. The minimum Gasteiger partial charge on any atom is -0.192 e. The molecule has 0 bridgehead atoms. The van der Waals surface area contributed by atoms with Crippen molar-refractivity contribution in [3.8, 4) is 17.2 Å². The van der Waals surface area contributed by atoms with Crippen LogP contribution in [0.2, 0.25) is 17.6 Å². The maximum Gasteiger partial charge on any atom is 0.0991 e. The molecule has 1 fully saturated rings. The predicted molar refractivity (Wildman–Crippen MR) is 108 cm³/mol. The van der Waals surface area contributed by atoms with E-state index in [2.05, 4.69) is 44.2 Å². The molecule has 0 unspecified atom stereocenters. The fourth-order valence-corrected chi connectivity index (χ4v) is 6.85. The Morgan fingerprint density at radius 1 is 0.960 bits per heavy atom. The zero-order valence-corrected chi connectivity index (χ0v) is 16.5. The molecule has 0 atom stereocenters. The highest BCUT2D eigenvalue weighted by atomic mass is 28.3. The lowest BCUT2D eigenvalue weighted by Crippen LogP contribution is -2.24. The number of benzene rings is 2. The summed E-state index contributed by atoms with van der Waals surface area (Å²) in [5.41, 5.74) is 5.55. The first-order valence-electron chi connectivity index (χ1n) is 9.60. The number of nitriles is 1. The fourth-order valence-electron chi connectivity index (χ4n) is 3.89. The topological polar surface area (TPSA) is 23.8 Å². The van der Waals surface area contributed by atoms with Gasteiger partial charge in [-0.1, -0.05) is 80.7 Å². The molecular formula is C23H28NSi. The van der Waals surface area contributed by atoms with E-state index in [1.54, 1.807) is 0 Å². The average molecular weight is 347 g/mol. The Bertz CT molecular complexity index is 701. The van der Waals surface area contributed by atoms with Crippen LogP contribution in [-0.2, 0) is 6.42 Å². The SMILES string of the molecule is CC(C)[Si]1CCC(CCc2ccc(-c3ccc(C#N)cc3)cc2)CC1. The number of nitrogens with zero attached hydrogens (tertiary/aromatic N) is 1.